The largest absolute Gasteiger partial charge is 0.356 e. The van der Waals surface area contributed by atoms with Gasteiger partial charge in [-0.3, -0.25) is 9.59 Å². The van der Waals surface area contributed by atoms with Crippen LogP contribution in [0.3, 0.4) is 0 Å². The van der Waals surface area contributed by atoms with Crippen molar-refractivity contribution in [1.29, 1.82) is 0 Å². The zero-order chi connectivity index (χ0) is 21.3. The molecule has 1 aromatic heterocycles. The number of hydrogen-bond donors (Lipinski definition) is 1. The zero-order valence-corrected chi connectivity index (χ0v) is 17.4. The van der Waals surface area contributed by atoms with Crippen LogP contribution < -0.4 is 10.2 Å². The van der Waals surface area contributed by atoms with Crippen molar-refractivity contribution in [3.8, 4) is 11.3 Å². The predicted octanol–water partition coefficient (Wildman–Crippen LogP) is 3.94. The molecule has 1 atom stereocenters. The van der Waals surface area contributed by atoms with Gasteiger partial charge in [-0.1, -0.05) is 41.1 Å². The summed E-state index contributed by atoms with van der Waals surface area (Å²) in [6, 6.07) is 15.7. The molecular weight excluding hydrogens is 378 g/mol. The van der Waals surface area contributed by atoms with Gasteiger partial charge in [-0.15, -0.1) is 0 Å². The van der Waals surface area contributed by atoms with Gasteiger partial charge in [-0.2, -0.15) is 0 Å². The van der Waals surface area contributed by atoms with E-state index in [1.807, 2.05) is 69.3 Å². The van der Waals surface area contributed by atoms with Gasteiger partial charge >= 0.3 is 0 Å². The highest BCUT2D eigenvalue weighted by Gasteiger charge is 2.35. The van der Waals surface area contributed by atoms with Crippen LogP contribution in [-0.4, -0.2) is 23.5 Å². The third kappa shape index (κ3) is 4.13. The van der Waals surface area contributed by atoms with Gasteiger partial charge in [0.05, 0.1) is 12.5 Å². The van der Waals surface area contributed by atoms with E-state index >= 15 is 0 Å². The van der Waals surface area contributed by atoms with E-state index in [4.69, 9.17) is 4.52 Å². The van der Waals surface area contributed by atoms with Crippen LogP contribution in [0.15, 0.2) is 53.1 Å². The zero-order valence-electron chi connectivity index (χ0n) is 17.4. The van der Waals surface area contributed by atoms with E-state index in [2.05, 4.69) is 10.5 Å². The molecule has 2 amide bonds. The molecule has 0 spiro atoms. The Morgan fingerprint density at radius 2 is 1.87 bits per heavy atom. The number of anilines is 1. The fourth-order valence-corrected chi connectivity index (χ4v) is 3.60. The summed E-state index contributed by atoms with van der Waals surface area (Å²) in [4.78, 5) is 26.8. The van der Waals surface area contributed by atoms with Gasteiger partial charge in [0.2, 0.25) is 11.8 Å². The topological polar surface area (TPSA) is 75.4 Å². The number of aryl methyl sites for hydroxylation is 3. The second kappa shape index (κ2) is 8.14. The number of rotatable bonds is 5. The minimum absolute atomic E-state index is 0.0264. The highest BCUT2D eigenvalue weighted by atomic mass is 16.5. The lowest BCUT2D eigenvalue weighted by atomic mass is 10.1. The van der Waals surface area contributed by atoms with Gasteiger partial charge in [-0.25, -0.2) is 0 Å². The first-order valence-electron chi connectivity index (χ1n) is 10.1. The first-order valence-corrected chi connectivity index (χ1v) is 10.1. The van der Waals surface area contributed by atoms with Gasteiger partial charge in [0.25, 0.3) is 0 Å². The molecule has 0 saturated carbocycles. The van der Waals surface area contributed by atoms with E-state index < -0.39 is 0 Å². The van der Waals surface area contributed by atoms with Crippen LogP contribution in [-0.2, 0) is 16.1 Å². The van der Waals surface area contributed by atoms with Crippen molar-refractivity contribution in [2.24, 2.45) is 5.92 Å². The highest BCUT2D eigenvalue weighted by Crippen LogP contribution is 2.27. The molecule has 1 N–H and O–H groups in total. The SMILES string of the molecule is Cc1ccc(-c2cc(CNC(=O)[C@H]3CC(=O)N(c4ccc(C)c(C)c4)C3)no2)cc1. The third-order valence-corrected chi connectivity index (χ3v) is 5.64. The molecule has 1 saturated heterocycles. The number of aromatic nitrogens is 1. The third-order valence-electron chi connectivity index (χ3n) is 5.64. The Morgan fingerprint density at radius 3 is 2.60 bits per heavy atom. The van der Waals surface area contributed by atoms with Gasteiger partial charge in [0, 0.05) is 30.3 Å². The summed E-state index contributed by atoms with van der Waals surface area (Å²) in [6.07, 6.45) is 0.214. The second-order valence-electron chi connectivity index (χ2n) is 7.94. The molecule has 1 aliphatic heterocycles. The quantitative estimate of drug-likeness (QED) is 0.700. The average molecular weight is 403 g/mol. The minimum Gasteiger partial charge on any atom is -0.356 e. The van der Waals surface area contributed by atoms with Crippen LogP contribution in [0.2, 0.25) is 0 Å². The number of carbonyl (C=O) groups is 2. The first-order chi connectivity index (χ1) is 14.4. The summed E-state index contributed by atoms with van der Waals surface area (Å²) in [7, 11) is 0. The smallest absolute Gasteiger partial charge is 0.227 e. The molecule has 154 valence electrons. The molecule has 2 aromatic carbocycles. The molecule has 0 unspecified atom stereocenters. The number of nitrogens with zero attached hydrogens (tertiary/aromatic N) is 2. The van der Waals surface area contributed by atoms with Crippen molar-refractivity contribution < 1.29 is 14.1 Å². The molecule has 2 heterocycles. The Balaban J connectivity index is 1.36. The van der Waals surface area contributed by atoms with Crippen LogP contribution in [0.25, 0.3) is 11.3 Å². The fourth-order valence-electron chi connectivity index (χ4n) is 3.60. The van der Waals surface area contributed by atoms with Crippen molar-refractivity contribution in [2.75, 3.05) is 11.4 Å². The van der Waals surface area contributed by atoms with Gasteiger partial charge in [0.15, 0.2) is 5.76 Å². The first kappa shape index (κ1) is 19.9. The molecular formula is C24H25N3O3. The standard InChI is InChI=1S/C24H25N3O3/c1-15-4-7-18(8-5-15)22-12-20(26-30-22)13-25-24(29)19-11-23(28)27(14-19)21-9-6-16(2)17(3)10-21/h4-10,12,19H,11,13-14H2,1-3H3,(H,25,29)/t19-/m0/s1. The molecule has 0 radical (unpaired) electrons. The number of hydrogen-bond acceptors (Lipinski definition) is 4. The maximum Gasteiger partial charge on any atom is 0.227 e. The van der Waals surface area contributed by atoms with E-state index in [0.717, 1.165) is 16.8 Å². The Morgan fingerprint density at radius 1 is 1.10 bits per heavy atom. The molecule has 3 aromatic rings. The summed E-state index contributed by atoms with van der Waals surface area (Å²) in [5.41, 5.74) is 5.91. The van der Waals surface area contributed by atoms with E-state index in [9.17, 15) is 9.59 Å². The normalized spacial score (nSPS) is 16.2. The number of amides is 2. The lowest BCUT2D eigenvalue weighted by molar-refractivity contribution is -0.126. The monoisotopic (exact) mass is 403 g/mol. The number of benzene rings is 2. The van der Waals surface area contributed by atoms with E-state index in [1.165, 1.54) is 11.1 Å². The minimum atomic E-state index is -0.373. The number of nitrogens with one attached hydrogen (secondary N) is 1. The lowest BCUT2D eigenvalue weighted by Gasteiger charge is -2.18. The highest BCUT2D eigenvalue weighted by molar-refractivity contribution is 6.00. The molecule has 4 rings (SSSR count). The Labute approximate surface area is 175 Å². The van der Waals surface area contributed by atoms with Crippen molar-refractivity contribution in [3.05, 3.63) is 70.9 Å². The molecule has 1 fully saturated rings. The Hall–Kier alpha value is -3.41. The van der Waals surface area contributed by atoms with Crippen LogP contribution in [0, 0.1) is 26.7 Å². The molecule has 0 bridgehead atoms. The van der Waals surface area contributed by atoms with Gasteiger partial charge in [-0.05, 0) is 44.0 Å². The van der Waals surface area contributed by atoms with Gasteiger partial charge in [0.1, 0.15) is 5.69 Å². The van der Waals surface area contributed by atoms with Crippen LogP contribution >= 0.6 is 0 Å². The van der Waals surface area contributed by atoms with E-state index in [0.29, 0.717) is 18.0 Å². The summed E-state index contributed by atoms with van der Waals surface area (Å²) >= 11 is 0. The predicted molar refractivity (Wildman–Crippen MR) is 115 cm³/mol. The molecule has 0 aliphatic carbocycles. The maximum absolute atomic E-state index is 12.6. The maximum atomic E-state index is 12.6. The van der Waals surface area contributed by atoms with Crippen molar-refractivity contribution >= 4 is 17.5 Å². The van der Waals surface area contributed by atoms with E-state index in [1.54, 1.807) is 4.90 Å². The van der Waals surface area contributed by atoms with Crippen molar-refractivity contribution in [2.45, 2.75) is 33.7 Å². The lowest BCUT2D eigenvalue weighted by Crippen LogP contribution is -2.32. The Bertz CT molecular complexity index is 1090. The van der Waals surface area contributed by atoms with Crippen LogP contribution in [0.4, 0.5) is 5.69 Å². The van der Waals surface area contributed by atoms with Crippen molar-refractivity contribution in [3.63, 3.8) is 0 Å². The molecule has 30 heavy (non-hydrogen) atoms. The number of carbonyl (C=O) groups excluding carboxylic acids is 2. The molecule has 1 aliphatic rings. The molecule has 6 heteroatoms. The summed E-state index contributed by atoms with van der Waals surface area (Å²) < 4.78 is 5.40. The van der Waals surface area contributed by atoms with Crippen LogP contribution in [0.1, 0.15) is 28.8 Å². The molecule has 6 nitrogen and oxygen atoms in total. The van der Waals surface area contributed by atoms with Crippen molar-refractivity contribution in [1.82, 2.24) is 10.5 Å². The van der Waals surface area contributed by atoms with Gasteiger partial charge < -0.3 is 14.7 Å². The Kier molecular flexibility index (Phi) is 5.40. The van der Waals surface area contributed by atoms with Crippen LogP contribution in [0.5, 0.6) is 0 Å². The summed E-state index contributed by atoms with van der Waals surface area (Å²) in [5, 5.41) is 6.93. The summed E-state index contributed by atoms with van der Waals surface area (Å²) in [5.74, 6) is 0.120. The van der Waals surface area contributed by atoms with E-state index in [-0.39, 0.29) is 30.7 Å². The summed E-state index contributed by atoms with van der Waals surface area (Å²) in [6.45, 7) is 6.74. The average Bonchev–Trinajstić information content (AvgIpc) is 3.36. The fraction of sp³-hybridized carbons (Fsp3) is 0.292. The second-order valence-corrected chi connectivity index (χ2v) is 7.94.